The third-order valence-electron chi connectivity index (χ3n) is 3.62. The van der Waals surface area contributed by atoms with Crippen LogP contribution < -0.4 is 0 Å². The molecule has 11 heteroatoms. The van der Waals surface area contributed by atoms with Crippen molar-refractivity contribution in [3.63, 3.8) is 0 Å². The van der Waals surface area contributed by atoms with Crippen LogP contribution in [-0.4, -0.2) is 58.9 Å². The first-order valence-corrected chi connectivity index (χ1v) is 6.35. The Labute approximate surface area is 158 Å². The number of rotatable bonds is 2. The predicted molar refractivity (Wildman–Crippen MR) is 84.9 cm³/mol. The van der Waals surface area contributed by atoms with Gasteiger partial charge in [0, 0.05) is 12.1 Å². The van der Waals surface area contributed by atoms with Gasteiger partial charge in [-0.3, -0.25) is 29.8 Å². The number of nitro groups is 2. The second-order valence-electron chi connectivity index (χ2n) is 4.88. The fourth-order valence-electron chi connectivity index (χ4n) is 2.64. The molecule has 3 rings (SSSR count). The minimum atomic E-state index is -1.19. The van der Waals surface area contributed by atoms with Crippen LogP contribution in [0, 0.1) is 20.2 Å². The van der Waals surface area contributed by atoms with Gasteiger partial charge in [0.25, 0.3) is 11.4 Å². The summed E-state index contributed by atoms with van der Waals surface area (Å²) in [5.41, 5.74) is -4.37. The first kappa shape index (κ1) is 18.4. The van der Waals surface area contributed by atoms with Crippen molar-refractivity contribution >= 4 is 50.2 Å². The van der Waals surface area contributed by atoms with E-state index in [1.807, 2.05) is 0 Å². The maximum absolute atomic E-state index is 12.6. The SMILES string of the molecule is O=C1c2c(O)ccc([N+](=O)[O-])c2C(=O)c2c([N+](=O)[O-])ccc(O)c21.[PbH2]. The van der Waals surface area contributed by atoms with E-state index in [1.54, 1.807) is 0 Å². The van der Waals surface area contributed by atoms with Gasteiger partial charge in [0.1, 0.15) is 22.6 Å². The van der Waals surface area contributed by atoms with Crippen LogP contribution in [0.25, 0.3) is 0 Å². The first-order valence-electron chi connectivity index (χ1n) is 6.35. The Morgan fingerprint density at radius 2 is 1.00 bits per heavy atom. The van der Waals surface area contributed by atoms with E-state index in [0.717, 1.165) is 24.3 Å². The van der Waals surface area contributed by atoms with Crippen molar-refractivity contribution < 1.29 is 29.6 Å². The molecule has 0 aromatic heterocycles. The van der Waals surface area contributed by atoms with Crippen LogP contribution >= 0.6 is 0 Å². The van der Waals surface area contributed by atoms with Gasteiger partial charge in [0.15, 0.2) is 0 Å². The quantitative estimate of drug-likeness (QED) is 0.274. The molecule has 126 valence electrons. The van der Waals surface area contributed by atoms with Crippen molar-refractivity contribution in [2.75, 3.05) is 0 Å². The fraction of sp³-hybridized carbons (Fsp3) is 0. The number of hydrogen-bond acceptors (Lipinski definition) is 8. The number of phenolic OH excluding ortho intramolecular Hbond substituents is 2. The number of nitrogens with zero attached hydrogens (tertiary/aromatic N) is 2. The van der Waals surface area contributed by atoms with E-state index in [-0.39, 0.29) is 27.3 Å². The van der Waals surface area contributed by atoms with Gasteiger partial charge in [-0.1, -0.05) is 0 Å². The van der Waals surface area contributed by atoms with Gasteiger partial charge in [-0.2, -0.15) is 0 Å². The van der Waals surface area contributed by atoms with E-state index in [1.165, 1.54) is 0 Å². The summed E-state index contributed by atoms with van der Waals surface area (Å²) in [6, 6.07) is 3.36. The van der Waals surface area contributed by atoms with Crippen LogP contribution in [-0.2, 0) is 0 Å². The van der Waals surface area contributed by atoms with Gasteiger partial charge in [-0.25, -0.2) is 0 Å². The summed E-state index contributed by atoms with van der Waals surface area (Å²) >= 11 is 0. The summed E-state index contributed by atoms with van der Waals surface area (Å²) in [5, 5.41) is 41.9. The van der Waals surface area contributed by atoms with Crippen LogP contribution in [0.3, 0.4) is 0 Å². The van der Waals surface area contributed by atoms with Gasteiger partial charge in [-0.15, -0.1) is 0 Å². The van der Waals surface area contributed by atoms with Gasteiger partial charge in [0.05, 0.1) is 21.0 Å². The second kappa shape index (κ2) is 6.19. The standard InChI is InChI=1S/C14H6N2O8.Pb.2H/c17-7-3-1-5(15(21)22)9-11(7)14(20)12-8(18)4-2-6(16(23)24)10(12)13(9)19;;;/h1-4,17-18H;;;. The van der Waals surface area contributed by atoms with E-state index >= 15 is 0 Å². The average Bonchev–Trinajstić information content (AvgIpc) is 2.51. The van der Waals surface area contributed by atoms with Gasteiger partial charge in [-0.05, 0) is 12.1 Å². The zero-order chi connectivity index (χ0) is 17.8. The summed E-state index contributed by atoms with van der Waals surface area (Å²) in [6.07, 6.45) is 0. The van der Waals surface area contributed by atoms with Gasteiger partial charge in [0.2, 0.25) is 11.6 Å². The molecule has 1 aliphatic carbocycles. The molecule has 2 N–H and O–H groups in total. The summed E-state index contributed by atoms with van der Waals surface area (Å²) < 4.78 is 0. The molecule has 0 bridgehead atoms. The zero-order valence-corrected chi connectivity index (χ0v) is 17.8. The first-order chi connectivity index (χ1) is 11.3. The molecular weight excluding hydrogens is 531 g/mol. The van der Waals surface area contributed by atoms with E-state index in [4.69, 9.17) is 0 Å². The van der Waals surface area contributed by atoms with E-state index < -0.39 is 66.5 Å². The number of aromatic hydroxyl groups is 2. The molecule has 1 aliphatic rings. The average molecular weight is 539 g/mol. The summed E-state index contributed by atoms with van der Waals surface area (Å²) in [6.45, 7) is 0. The van der Waals surface area contributed by atoms with Gasteiger partial charge >= 0.3 is 27.3 Å². The molecule has 2 aromatic carbocycles. The summed E-state index contributed by atoms with van der Waals surface area (Å²) in [7, 11) is 0. The number of carbonyl (C=O) groups is 2. The Kier molecular flexibility index (Phi) is 4.57. The molecule has 2 aromatic rings. The third-order valence-corrected chi connectivity index (χ3v) is 3.62. The summed E-state index contributed by atoms with van der Waals surface area (Å²) in [5.74, 6) is -3.71. The molecule has 0 heterocycles. The van der Waals surface area contributed by atoms with E-state index in [2.05, 4.69) is 0 Å². The molecule has 0 unspecified atom stereocenters. The number of nitro benzene ring substituents is 2. The molecule has 0 saturated carbocycles. The van der Waals surface area contributed by atoms with Crippen molar-refractivity contribution in [1.29, 1.82) is 0 Å². The monoisotopic (exact) mass is 540 g/mol. The molecular formula is C14H8N2O8Pb. The molecule has 10 nitrogen and oxygen atoms in total. The topological polar surface area (TPSA) is 161 Å². The number of ketones is 2. The molecule has 0 aliphatic heterocycles. The molecule has 2 radical (unpaired) electrons. The fourth-order valence-corrected chi connectivity index (χ4v) is 2.64. The summed E-state index contributed by atoms with van der Waals surface area (Å²) in [4.78, 5) is 45.5. The minimum absolute atomic E-state index is 0. The number of fused-ring (bicyclic) bond motifs is 2. The zero-order valence-electron chi connectivity index (χ0n) is 12.3. The number of carbonyl (C=O) groups excluding carboxylic acids is 2. The Balaban J connectivity index is 0.00000225. The predicted octanol–water partition coefficient (Wildman–Crippen LogP) is 0.773. The number of hydrogen-bond donors (Lipinski definition) is 2. The van der Waals surface area contributed by atoms with Crippen LogP contribution in [0.2, 0.25) is 0 Å². The Hall–Kier alpha value is -2.90. The van der Waals surface area contributed by atoms with Crippen LogP contribution in [0.1, 0.15) is 31.8 Å². The molecule has 0 fully saturated rings. The Morgan fingerprint density at radius 1 is 0.680 bits per heavy atom. The van der Waals surface area contributed by atoms with Crippen molar-refractivity contribution in [2.24, 2.45) is 0 Å². The van der Waals surface area contributed by atoms with Crippen LogP contribution in [0.5, 0.6) is 11.5 Å². The second-order valence-corrected chi connectivity index (χ2v) is 4.88. The van der Waals surface area contributed by atoms with Crippen molar-refractivity contribution in [2.45, 2.75) is 0 Å². The number of benzene rings is 2. The Morgan fingerprint density at radius 3 is 1.32 bits per heavy atom. The van der Waals surface area contributed by atoms with Crippen molar-refractivity contribution in [1.82, 2.24) is 0 Å². The molecule has 0 atom stereocenters. The third kappa shape index (κ3) is 2.54. The molecule has 0 amide bonds. The van der Waals surface area contributed by atoms with Crippen LogP contribution in [0.15, 0.2) is 24.3 Å². The number of phenols is 2. The molecule has 25 heavy (non-hydrogen) atoms. The van der Waals surface area contributed by atoms with E-state index in [9.17, 15) is 40.0 Å². The maximum atomic E-state index is 12.6. The van der Waals surface area contributed by atoms with Crippen molar-refractivity contribution in [3.05, 3.63) is 66.7 Å². The molecule has 0 saturated heterocycles. The normalized spacial score (nSPS) is 12.0. The molecule has 0 spiro atoms. The van der Waals surface area contributed by atoms with E-state index in [0.29, 0.717) is 0 Å². The van der Waals surface area contributed by atoms with Crippen molar-refractivity contribution in [3.8, 4) is 11.5 Å². The Bertz CT molecular complexity index is 910. The van der Waals surface area contributed by atoms with Crippen LogP contribution in [0.4, 0.5) is 11.4 Å². The van der Waals surface area contributed by atoms with Gasteiger partial charge < -0.3 is 10.2 Å².